The highest BCUT2D eigenvalue weighted by Crippen LogP contribution is 2.23. The second-order valence-corrected chi connectivity index (χ2v) is 3.79. The largest absolute Gasteiger partial charge is 0.402 e. The molecule has 2 N–H and O–H groups in total. The van der Waals surface area contributed by atoms with Gasteiger partial charge in [-0.2, -0.15) is 0 Å². The fourth-order valence-electron chi connectivity index (χ4n) is 2.00. The van der Waals surface area contributed by atoms with E-state index in [9.17, 15) is 0 Å². The van der Waals surface area contributed by atoms with Gasteiger partial charge in [0, 0.05) is 12.1 Å². The average molecular weight is 173 g/mol. The Morgan fingerprint density at radius 2 is 2.08 bits per heavy atom. The third-order valence-electron chi connectivity index (χ3n) is 2.59. The summed E-state index contributed by atoms with van der Waals surface area (Å²) < 4.78 is 0. The minimum Gasteiger partial charge on any atom is -0.402 e. The Bertz CT molecular complexity index is 339. The third kappa shape index (κ3) is 1.74. The molecule has 0 spiro atoms. The maximum Gasteiger partial charge on any atom is 0.0115 e. The molecule has 0 atom stereocenters. The van der Waals surface area contributed by atoms with Crippen molar-refractivity contribution in [2.45, 2.75) is 25.7 Å². The topological polar surface area (TPSA) is 26.0 Å². The standard InChI is InChI=1S/C12H15N/c1-9(13)7-10-5-6-11-3-2-4-12(11)8-10/h5-6,8H,1-4,7,13H2. The van der Waals surface area contributed by atoms with Crippen molar-refractivity contribution < 1.29 is 0 Å². The number of benzene rings is 1. The molecule has 0 bridgehead atoms. The van der Waals surface area contributed by atoms with E-state index >= 15 is 0 Å². The van der Waals surface area contributed by atoms with Gasteiger partial charge in [-0.1, -0.05) is 24.8 Å². The predicted molar refractivity (Wildman–Crippen MR) is 55.5 cm³/mol. The molecule has 1 nitrogen and oxygen atoms in total. The molecule has 0 heterocycles. The van der Waals surface area contributed by atoms with Gasteiger partial charge in [-0.05, 0) is 36.0 Å². The highest BCUT2D eigenvalue weighted by Gasteiger charge is 2.10. The molecule has 0 unspecified atom stereocenters. The zero-order valence-corrected chi connectivity index (χ0v) is 7.84. The molecule has 68 valence electrons. The van der Waals surface area contributed by atoms with Crippen LogP contribution in [-0.4, -0.2) is 0 Å². The van der Waals surface area contributed by atoms with Crippen molar-refractivity contribution >= 4 is 0 Å². The summed E-state index contributed by atoms with van der Waals surface area (Å²) in [6, 6.07) is 6.68. The van der Waals surface area contributed by atoms with Crippen LogP contribution in [0.15, 0.2) is 30.5 Å². The van der Waals surface area contributed by atoms with Crippen molar-refractivity contribution in [3.63, 3.8) is 0 Å². The number of hydrogen-bond donors (Lipinski definition) is 1. The monoisotopic (exact) mass is 173 g/mol. The molecule has 0 amide bonds. The molecular weight excluding hydrogens is 158 g/mol. The van der Waals surface area contributed by atoms with E-state index in [4.69, 9.17) is 5.73 Å². The molecule has 1 aromatic rings. The highest BCUT2D eigenvalue weighted by atomic mass is 14.6. The maximum absolute atomic E-state index is 5.58. The Morgan fingerprint density at radius 1 is 1.31 bits per heavy atom. The Labute approximate surface area is 79.3 Å². The molecule has 1 aliphatic rings. The number of hydrogen-bond acceptors (Lipinski definition) is 1. The first kappa shape index (κ1) is 8.36. The lowest BCUT2D eigenvalue weighted by Crippen LogP contribution is -1.99. The molecule has 0 saturated carbocycles. The van der Waals surface area contributed by atoms with Gasteiger partial charge in [-0.25, -0.2) is 0 Å². The number of fused-ring (bicyclic) bond motifs is 1. The Hall–Kier alpha value is -1.24. The van der Waals surface area contributed by atoms with Crippen molar-refractivity contribution in [3.8, 4) is 0 Å². The molecule has 1 aromatic carbocycles. The predicted octanol–water partition coefficient (Wildman–Crippen LogP) is 2.19. The zero-order chi connectivity index (χ0) is 9.26. The van der Waals surface area contributed by atoms with E-state index in [0.717, 1.165) is 12.1 Å². The van der Waals surface area contributed by atoms with E-state index in [1.54, 1.807) is 0 Å². The van der Waals surface area contributed by atoms with E-state index in [1.807, 2.05) is 0 Å². The first-order valence-corrected chi connectivity index (χ1v) is 4.79. The summed E-state index contributed by atoms with van der Waals surface area (Å²) in [6.07, 6.45) is 4.61. The minimum atomic E-state index is 0.748. The van der Waals surface area contributed by atoms with Crippen molar-refractivity contribution in [1.82, 2.24) is 0 Å². The van der Waals surface area contributed by atoms with Gasteiger partial charge < -0.3 is 5.73 Å². The van der Waals surface area contributed by atoms with E-state index in [2.05, 4.69) is 24.8 Å². The van der Waals surface area contributed by atoms with Crippen LogP contribution in [0.5, 0.6) is 0 Å². The van der Waals surface area contributed by atoms with Crippen LogP contribution in [0, 0.1) is 0 Å². The molecule has 1 heteroatoms. The van der Waals surface area contributed by atoms with Gasteiger partial charge in [-0.15, -0.1) is 0 Å². The van der Waals surface area contributed by atoms with E-state index in [1.165, 1.54) is 36.0 Å². The Balaban J connectivity index is 2.25. The highest BCUT2D eigenvalue weighted by molar-refractivity contribution is 5.36. The fourth-order valence-corrected chi connectivity index (χ4v) is 2.00. The molecule has 2 rings (SSSR count). The van der Waals surface area contributed by atoms with Crippen LogP contribution in [0.1, 0.15) is 23.1 Å². The smallest absolute Gasteiger partial charge is 0.0115 e. The van der Waals surface area contributed by atoms with Crippen LogP contribution < -0.4 is 5.73 Å². The number of rotatable bonds is 2. The van der Waals surface area contributed by atoms with E-state index in [0.29, 0.717) is 0 Å². The SMILES string of the molecule is C=C(N)Cc1ccc2c(c1)CCC2. The van der Waals surface area contributed by atoms with Gasteiger partial charge in [0.05, 0.1) is 0 Å². The molecule has 0 saturated heterocycles. The Kier molecular flexibility index (Phi) is 2.09. The summed E-state index contributed by atoms with van der Waals surface area (Å²) in [5.74, 6) is 0. The van der Waals surface area contributed by atoms with Gasteiger partial charge in [0.15, 0.2) is 0 Å². The lowest BCUT2D eigenvalue weighted by molar-refractivity contribution is 0.911. The molecule has 0 fully saturated rings. The van der Waals surface area contributed by atoms with Crippen molar-refractivity contribution in [1.29, 1.82) is 0 Å². The van der Waals surface area contributed by atoms with Gasteiger partial charge in [0.1, 0.15) is 0 Å². The van der Waals surface area contributed by atoms with E-state index < -0.39 is 0 Å². The van der Waals surface area contributed by atoms with Gasteiger partial charge >= 0.3 is 0 Å². The number of allylic oxidation sites excluding steroid dienone is 1. The molecule has 0 aliphatic heterocycles. The quantitative estimate of drug-likeness (QED) is 0.729. The minimum absolute atomic E-state index is 0.748. The summed E-state index contributed by atoms with van der Waals surface area (Å²) in [6.45, 7) is 3.72. The zero-order valence-electron chi connectivity index (χ0n) is 7.84. The van der Waals surface area contributed by atoms with Gasteiger partial charge in [0.25, 0.3) is 0 Å². The van der Waals surface area contributed by atoms with Crippen LogP contribution >= 0.6 is 0 Å². The second kappa shape index (κ2) is 3.25. The summed E-state index contributed by atoms with van der Waals surface area (Å²) in [4.78, 5) is 0. The van der Waals surface area contributed by atoms with Crippen molar-refractivity contribution in [3.05, 3.63) is 47.2 Å². The summed E-state index contributed by atoms with van der Waals surface area (Å²) >= 11 is 0. The summed E-state index contributed by atoms with van der Waals surface area (Å²) in [5.41, 5.74) is 10.7. The van der Waals surface area contributed by atoms with Crippen molar-refractivity contribution in [2.24, 2.45) is 5.73 Å². The van der Waals surface area contributed by atoms with Crippen LogP contribution in [0.4, 0.5) is 0 Å². The van der Waals surface area contributed by atoms with E-state index in [-0.39, 0.29) is 0 Å². The number of aryl methyl sites for hydroxylation is 2. The van der Waals surface area contributed by atoms with Crippen LogP contribution in [0.25, 0.3) is 0 Å². The third-order valence-corrected chi connectivity index (χ3v) is 2.59. The molecule has 1 aliphatic carbocycles. The van der Waals surface area contributed by atoms with Gasteiger partial charge in [-0.3, -0.25) is 0 Å². The maximum atomic E-state index is 5.58. The first-order chi connectivity index (χ1) is 6.25. The lowest BCUT2D eigenvalue weighted by Gasteiger charge is -2.04. The summed E-state index contributed by atoms with van der Waals surface area (Å²) in [7, 11) is 0. The number of nitrogens with two attached hydrogens (primary N) is 1. The van der Waals surface area contributed by atoms with Crippen LogP contribution in [-0.2, 0) is 19.3 Å². The molecular formula is C12H15N. The lowest BCUT2D eigenvalue weighted by atomic mass is 10.0. The van der Waals surface area contributed by atoms with Crippen LogP contribution in [0.2, 0.25) is 0 Å². The first-order valence-electron chi connectivity index (χ1n) is 4.79. The normalized spacial score (nSPS) is 14.2. The molecule has 13 heavy (non-hydrogen) atoms. The molecule has 0 aromatic heterocycles. The van der Waals surface area contributed by atoms with Crippen LogP contribution in [0.3, 0.4) is 0 Å². The fraction of sp³-hybridized carbons (Fsp3) is 0.333. The van der Waals surface area contributed by atoms with Crippen molar-refractivity contribution in [2.75, 3.05) is 0 Å². The average Bonchev–Trinajstić information content (AvgIpc) is 2.49. The summed E-state index contributed by atoms with van der Waals surface area (Å²) in [5, 5.41) is 0. The second-order valence-electron chi connectivity index (χ2n) is 3.79. The van der Waals surface area contributed by atoms with Gasteiger partial charge in [0.2, 0.25) is 0 Å². The Morgan fingerprint density at radius 3 is 2.85 bits per heavy atom. The molecule has 0 radical (unpaired) electrons.